The molecule has 0 aliphatic rings. The number of ether oxygens (including phenoxy) is 3. The number of nitrogens with zero attached hydrogens (tertiary/aromatic N) is 1. The lowest BCUT2D eigenvalue weighted by atomic mass is 10.1. The summed E-state index contributed by atoms with van der Waals surface area (Å²) < 4.78 is 28.7. The van der Waals surface area contributed by atoms with Gasteiger partial charge in [-0.25, -0.2) is 4.39 Å². The van der Waals surface area contributed by atoms with Crippen molar-refractivity contribution in [2.24, 2.45) is 0 Å². The molecule has 0 aliphatic heterocycles. The molecule has 0 atom stereocenters. The smallest absolute Gasteiger partial charge is 0.306 e. The van der Waals surface area contributed by atoms with Gasteiger partial charge in [0.05, 0.1) is 14.2 Å². The molecule has 0 saturated carbocycles. The predicted molar refractivity (Wildman–Crippen MR) is 102 cm³/mol. The molecule has 0 bridgehead atoms. The van der Waals surface area contributed by atoms with Crippen LogP contribution < -0.4 is 9.47 Å². The zero-order chi connectivity index (χ0) is 20.5. The molecule has 150 valence electrons. The molecule has 28 heavy (non-hydrogen) atoms. The van der Waals surface area contributed by atoms with Crippen molar-refractivity contribution >= 4 is 11.9 Å². The molecule has 0 radical (unpaired) electrons. The predicted octanol–water partition coefficient (Wildman–Crippen LogP) is 2.98. The Hall–Kier alpha value is -3.09. The highest BCUT2D eigenvalue weighted by Gasteiger charge is 2.13. The second-order valence-electron chi connectivity index (χ2n) is 6.23. The van der Waals surface area contributed by atoms with E-state index in [1.54, 1.807) is 45.5 Å². The zero-order valence-corrected chi connectivity index (χ0v) is 16.2. The molecule has 0 aliphatic carbocycles. The number of rotatable bonds is 9. The molecule has 2 rings (SSSR count). The third-order valence-corrected chi connectivity index (χ3v) is 4.16. The second-order valence-corrected chi connectivity index (χ2v) is 6.23. The van der Waals surface area contributed by atoms with Crippen LogP contribution in [0.5, 0.6) is 11.5 Å². The van der Waals surface area contributed by atoms with Gasteiger partial charge in [0.1, 0.15) is 5.82 Å². The van der Waals surface area contributed by atoms with Crippen LogP contribution in [0.15, 0.2) is 42.5 Å². The Morgan fingerprint density at radius 2 is 1.75 bits per heavy atom. The van der Waals surface area contributed by atoms with Crippen LogP contribution in [0.25, 0.3) is 0 Å². The summed E-state index contributed by atoms with van der Waals surface area (Å²) in [5.41, 5.74) is 1.56. The fourth-order valence-corrected chi connectivity index (χ4v) is 2.60. The standard InChI is InChI=1S/C21H24FNO5/c1-23(13-16-5-4-6-17(22)11-16)20(24)14-28-21(25)10-8-15-7-9-18(26-2)19(12-15)27-3/h4-7,9,11-12H,8,10,13-14H2,1-3H3. The minimum Gasteiger partial charge on any atom is -0.493 e. The van der Waals surface area contributed by atoms with E-state index >= 15 is 0 Å². The van der Waals surface area contributed by atoms with Crippen molar-refractivity contribution in [3.05, 3.63) is 59.4 Å². The van der Waals surface area contributed by atoms with E-state index in [1.807, 2.05) is 6.07 Å². The van der Waals surface area contributed by atoms with Crippen LogP contribution >= 0.6 is 0 Å². The maximum absolute atomic E-state index is 13.2. The van der Waals surface area contributed by atoms with Crippen LogP contribution in [0.2, 0.25) is 0 Å². The maximum atomic E-state index is 13.2. The van der Waals surface area contributed by atoms with Gasteiger partial charge in [0.25, 0.3) is 5.91 Å². The van der Waals surface area contributed by atoms with Gasteiger partial charge in [-0.1, -0.05) is 18.2 Å². The summed E-state index contributed by atoms with van der Waals surface area (Å²) in [6, 6.07) is 11.4. The van der Waals surface area contributed by atoms with E-state index in [1.165, 1.54) is 17.0 Å². The Kier molecular flexibility index (Phi) is 7.80. The first-order valence-corrected chi connectivity index (χ1v) is 8.78. The quantitative estimate of drug-likeness (QED) is 0.617. The first kappa shape index (κ1) is 21.2. The Bertz CT molecular complexity index is 824. The van der Waals surface area contributed by atoms with E-state index in [-0.39, 0.29) is 31.3 Å². The Morgan fingerprint density at radius 3 is 2.43 bits per heavy atom. The molecule has 0 heterocycles. The summed E-state index contributed by atoms with van der Waals surface area (Å²) in [6.45, 7) is -0.115. The molecule has 0 aromatic heterocycles. The molecule has 7 heteroatoms. The number of aryl methyl sites for hydroxylation is 1. The van der Waals surface area contributed by atoms with Gasteiger partial charge >= 0.3 is 5.97 Å². The first-order chi connectivity index (χ1) is 13.4. The van der Waals surface area contributed by atoms with Crippen molar-refractivity contribution in [1.82, 2.24) is 4.90 Å². The molecule has 0 spiro atoms. The number of likely N-dealkylation sites (N-methyl/N-ethyl adjacent to an activating group) is 1. The Morgan fingerprint density at radius 1 is 1.00 bits per heavy atom. The van der Waals surface area contributed by atoms with Crippen LogP contribution in [0, 0.1) is 5.82 Å². The fraction of sp³-hybridized carbons (Fsp3) is 0.333. The first-order valence-electron chi connectivity index (χ1n) is 8.78. The highest BCUT2D eigenvalue weighted by atomic mass is 19.1. The Labute approximate surface area is 163 Å². The number of hydrogen-bond donors (Lipinski definition) is 0. The molecule has 2 aromatic rings. The summed E-state index contributed by atoms with van der Waals surface area (Å²) in [4.78, 5) is 25.4. The van der Waals surface area contributed by atoms with Gasteiger partial charge in [0, 0.05) is 20.0 Å². The topological polar surface area (TPSA) is 65.1 Å². The van der Waals surface area contributed by atoms with Crippen LogP contribution in [-0.2, 0) is 27.3 Å². The van der Waals surface area contributed by atoms with E-state index < -0.39 is 5.97 Å². The number of carbonyl (C=O) groups is 2. The van der Waals surface area contributed by atoms with Crippen molar-refractivity contribution in [1.29, 1.82) is 0 Å². The number of hydrogen-bond acceptors (Lipinski definition) is 5. The van der Waals surface area contributed by atoms with Crippen molar-refractivity contribution in [2.45, 2.75) is 19.4 Å². The average Bonchev–Trinajstić information content (AvgIpc) is 2.70. The summed E-state index contributed by atoms with van der Waals surface area (Å²) in [6.07, 6.45) is 0.586. The van der Waals surface area contributed by atoms with Gasteiger partial charge in [-0.3, -0.25) is 9.59 Å². The highest BCUT2D eigenvalue weighted by molar-refractivity contribution is 5.80. The SMILES string of the molecule is COc1ccc(CCC(=O)OCC(=O)N(C)Cc2cccc(F)c2)cc1OC. The highest BCUT2D eigenvalue weighted by Crippen LogP contribution is 2.27. The molecule has 0 N–H and O–H groups in total. The maximum Gasteiger partial charge on any atom is 0.306 e. The minimum absolute atomic E-state index is 0.135. The number of esters is 1. The van der Waals surface area contributed by atoms with Crippen LogP contribution in [0.3, 0.4) is 0 Å². The summed E-state index contributed by atoms with van der Waals surface area (Å²) in [7, 11) is 4.67. The number of benzene rings is 2. The number of methoxy groups -OCH3 is 2. The molecule has 2 aromatic carbocycles. The van der Waals surface area contributed by atoms with Crippen molar-refractivity contribution < 1.29 is 28.2 Å². The fourth-order valence-electron chi connectivity index (χ4n) is 2.60. The molecule has 0 unspecified atom stereocenters. The van der Waals surface area contributed by atoms with E-state index in [0.29, 0.717) is 23.5 Å². The van der Waals surface area contributed by atoms with Gasteiger partial charge in [-0.05, 0) is 41.8 Å². The van der Waals surface area contributed by atoms with Crippen LogP contribution in [0.1, 0.15) is 17.5 Å². The zero-order valence-electron chi connectivity index (χ0n) is 16.2. The van der Waals surface area contributed by atoms with Crippen molar-refractivity contribution in [3.63, 3.8) is 0 Å². The molecule has 6 nitrogen and oxygen atoms in total. The van der Waals surface area contributed by atoms with Gasteiger partial charge in [-0.2, -0.15) is 0 Å². The largest absolute Gasteiger partial charge is 0.493 e. The number of carbonyl (C=O) groups excluding carboxylic acids is 2. The average molecular weight is 389 g/mol. The lowest BCUT2D eigenvalue weighted by Crippen LogP contribution is -2.30. The third kappa shape index (κ3) is 6.26. The van der Waals surface area contributed by atoms with E-state index in [9.17, 15) is 14.0 Å². The third-order valence-electron chi connectivity index (χ3n) is 4.16. The number of halogens is 1. The monoisotopic (exact) mass is 389 g/mol. The molecular weight excluding hydrogens is 365 g/mol. The van der Waals surface area contributed by atoms with Gasteiger partial charge < -0.3 is 19.1 Å². The summed E-state index contributed by atoms with van der Waals surface area (Å²) >= 11 is 0. The Balaban J connectivity index is 1.78. The normalized spacial score (nSPS) is 10.3. The van der Waals surface area contributed by atoms with Crippen molar-refractivity contribution in [3.8, 4) is 11.5 Å². The lowest BCUT2D eigenvalue weighted by molar-refractivity contribution is -0.151. The van der Waals surface area contributed by atoms with Gasteiger partial charge in [0.2, 0.25) is 0 Å². The van der Waals surface area contributed by atoms with Gasteiger partial charge in [-0.15, -0.1) is 0 Å². The molecule has 1 amide bonds. The summed E-state index contributed by atoms with van der Waals surface area (Å²) in [5, 5.41) is 0. The van der Waals surface area contributed by atoms with Crippen molar-refractivity contribution in [2.75, 3.05) is 27.9 Å². The second kappa shape index (κ2) is 10.3. The summed E-state index contributed by atoms with van der Waals surface area (Å²) in [5.74, 6) is 0.00855. The minimum atomic E-state index is -0.470. The van der Waals surface area contributed by atoms with Crippen LogP contribution in [0.4, 0.5) is 4.39 Å². The molecule has 0 saturated heterocycles. The lowest BCUT2D eigenvalue weighted by Gasteiger charge is -2.17. The van der Waals surface area contributed by atoms with E-state index in [2.05, 4.69) is 0 Å². The van der Waals surface area contributed by atoms with E-state index in [0.717, 1.165) is 5.56 Å². The molecule has 0 fully saturated rings. The number of amides is 1. The van der Waals surface area contributed by atoms with Gasteiger partial charge in [0.15, 0.2) is 18.1 Å². The van der Waals surface area contributed by atoms with Crippen LogP contribution in [-0.4, -0.2) is 44.7 Å². The van der Waals surface area contributed by atoms with E-state index in [4.69, 9.17) is 14.2 Å². The molecular formula is C21H24FNO5.